The number of hydrogen-bond donors (Lipinski definition) is 0. The van der Waals surface area contributed by atoms with Crippen LogP contribution in [0.15, 0.2) is 21.1 Å². The molecule has 5 nitrogen and oxygen atoms in total. The predicted octanol–water partition coefficient (Wildman–Crippen LogP) is 2.76. The Morgan fingerprint density at radius 3 is 2.55 bits per heavy atom. The molecule has 1 atom stereocenters. The summed E-state index contributed by atoms with van der Waals surface area (Å²) in [5.41, 5.74) is 0.635. The largest absolute Gasteiger partial charge is 0.309 e. The highest BCUT2D eigenvalue weighted by Gasteiger charge is 2.39. The van der Waals surface area contributed by atoms with Crippen molar-refractivity contribution in [3.8, 4) is 6.07 Å². The van der Waals surface area contributed by atoms with Gasteiger partial charge in [0.1, 0.15) is 11.3 Å². The van der Waals surface area contributed by atoms with Gasteiger partial charge in [0.2, 0.25) is 15.0 Å². The second-order valence-corrected chi connectivity index (χ2v) is 8.88. The summed E-state index contributed by atoms with van der Waals surface area (Å²) in [7, 11) is 1.49. The Labute approximate surface area is 137 Å². The zero-order valence-corrected chi connectivity index (χ0v) is 14.6. The van der Waals surface area contributed by atoms with Gasteiger partial charge in [0.25, 0.3) is 0 Å². The highest BCUT2D eigenvalue weighted by atomic mass is 79.9. The zero-order valence-electron chi connectivity index (χ0n) is 9.81. The highest BCUT2D eigenvalue weighted by molar-refractivity contribution is 9.11. The molecule has 1 unspecified atom stereocenters. The molecule has 0 radical (unpaired) electrons. The second kappa shape index (κ2) is 5.64. The van der Waals surface area contributed by atoms with E-state index in [0.717, 1.165) is 0 Å². The molecule has 106 valence electrons. The molecule has 1 amide bonds. The summed E-state index contributed by atoms with van der Waals surface area (Å²) in [5.74, 6) is -0.376. The van der Waals surface area contributed by atoms with Crippen molar-refractivity contribution in [2.45, 2.75) is 11.7 Å². The summed E-state index contributed by atoms with van der Waals surface area (Å²) in [6.07, 6.45) is -0.181. The number of halogens is 3. The standard InChI is InChI=1S/C11H7Br2ClN2O3S/c12-7-1-6(4-15)11(9(13)2-7)16-5-8(3-10(16)17)20(14,18)19/h1-2,8H,3,5H2. The lowest BCUT2D eigenvalue weighted by atomic mass is 10.2. The van der Waals surface area contributed by atoms with Crippen LogP contribution in [0.4, 0.5) is 5.69 Å². The van der Waals surface area contributed by atoms with Gasteiger partial charge in [-0.3, -0.25) is 4.79 Å². The van der Waals surface area contributed by atoms with E-state index in [-0.39, 0.29) is 24.4 Å². The van der Waals surface area contributed by atoms with Gasteiger partial charge in [0.05, 0.1) is 11.3 Å². The van der Waals surface area contributed by atoms with Crippen LogP contribution in [0.1, 0.15) is 12.0 Å². The Kier molecular flexibility index (Phi) is 4.44. The Bertz CT molecular complexity index is 730. The third-order valence-electron chi connectivity index (χ3n) is 2.91. The molecule has 1 fully saturated rings. The fourth-order valence-electron chi connectivity index (χ4n) is 2.01. The van der Waals surface area contributed by atoms with Crippen molar-refractivity contribution in [2.75, 3.05) is 11.4 Å². The minimum atomic E-state index is -3.81. The van der Waals surface area contributed by atoms with Gasteiger partial charge in [-0.2, -0.15) is 5.26 Å². The molecule has 1 aromatic carbocycles. The first-order valence-electron chi connectivity index (χ1n) is 5.37. The summed E-state index contributed by atoms with van der Waals surface area (Å²) in [6.45, 7) is -0.0560. The van der Waals surface area contributed by atoms with Crippen molar-refractivity contribution in [1.82, 2.24) is 0 Å². The van der Waals surface area contributed by atoms with Crippen molar-refractivity contribution in [1.29, 1.82) is 5.26 Å². The molecule has 0 N–H and O–H groups in total. The molecule has 2 rings (SSSR count). The van der Waals surface area contributed by atoms with Crippen molar-refractivity contribution in [3.63, 3.8) is 0 Å². The van der Waals surface area contributed by atoms with Crippen LogP contribution in [0.3, 0.4) is 0 Å². The maximum absolute atomic E-state index is 12.0. The van der Waals surface area contributed by atoms with Crippen molar-refractivity contribution >= 4 is 63.2 Å². The maximum atomic E-state index is 12.0. The quantitative estimate of drug-likeness (QED) is 0.660. The van der Waals surface area contributed by atoms with Gasteiger partial charge in [-0.1, -0.05) is 15.9 Å². The molecular formula is C11H7Br2ClN2O3S. The topological polar surface area (TPSA) is 78.2 Å². The minimum Gasteiger partial charge on any atom is -0.309 e. The predicted molar refractivity (Wildman–Crippen MR) is 82.1 cm³/mol. The molecular weight excluding hydrogens is 435 g/mol. The molecule has 0 spiro atoms. The normalized spacial score (nSPS) is 19.2. The smallest absolute Gasteiger partial charge is 0.237 e. The number of rotatable bonds is 2. The second-order valence-electron chi connectivity index (χ2n) is 4.20. The lowest BCUT2D eigenvalue weighted by molar-refractivity contribution is -0.117. The molecule has 1 heterocycles. The summed E-state index contributed by atoms with van der Waals surface area (Å²) < 4.78 is 23.9. The van der Waals surface area contributed by atoms with E-state index >= 15 is 0 Å². The van der Waals surface area contributed by atoms with E-state index in [1.165, 1.54) is 4.90 Å². The Balaban J connectivity index is 2.49. The summed E-state index contributed by atoms with van der Waals surface area (Å²) in [4.78, 5) is 13.3. The van der Waals surface area contributed by atoms with E-state index in [1.807, 2.05) is 6.07 Å². The van der Waals surface area contributed by atoms with E-state index in [0.29, 0.717) is 14.6 Å². The van der Waals surface area contributed by atoms with Crippen molar-refractivity contribution in [2.24, 2.45) is 0 Å². The van der Waals surface area contributed by atoms with Crippen LogP contribution in [0.2, 0.25) is 0 Å². The van der Waals surface area contributed by atoms with E-state index in [4.69, 9.17) is 15.9 Å². The molecule has 1 aliphatic heterocycles. The molecule has 1 aromatic rings. The number of carbonyl (C=O) groups excluding carboxylic acids is 1. The van der Waals surface area contributed by atoms with Gasteiger partial charge in [-0.05, 0) is 28.1 Å². The zero-order chi connectivity index (χ0) is 15.1. The number of carbonyl (C=O) groups is 1. The first-order valence-corrected chi connectivity index (χ1v) is 9.33. The monoisotopic (exact) mass is 440 g/mol. The van der Waals surface area contributed by atoms with Gasteiger partial charge in [0, 0.05) is 32.6 Å². The number of benzene rings is 1. The van der Waals surface area contributed by atoms with Gasteiger partial charge in [-0.25, -0.2) is 8.42 Å². The third kappa shape index (κ3) is 3.01. The van der Waals surface area contributed by atoms with E-state index < -0.39 is 14.3 Å². The van der Waals surface area contributed by atoms with Gasteiger partial charge >= 0.3 is 0 Å². The molecule has 1 saturated heterocycles. The van der Waals surface area contributed by atoms with Crippen LogP contribution in [0.25, 0.3) is 0 Å². The lowest BCUT2D eigenvalue weighted by Crippen LogP contribution is -2.27. The van der Waals surface area contributed by atoms with Crippen molar-refractivity contribution < 1.29 is 13.2 Å². The van der Waals surface area contributed by atoms with E-state index in [1.54, 1.807) is 12.1 Å². The Morgan fingerprint density at radius 1 is 1.40 bits per heavy atom. The number of nitriles is 1. The fraction of sp³-hybridized carbons (Fsp3) is 0.273. The van der Waals surface area contributed by atoms with E-state index in [9.17, 15) is 13.2 Å². The highest BCUT2D eigenvalue weighted by Crippen LogP contribution is 2.36. The van der Waals surface area contributed by atoms with Crippen LogP contribution in [-0.4, -0.2) is 26.1 Å². The van der Waals surface area contributed by atoms with Gasteiger partial charge in [0.15, 0.2) is 0 Å². The first kappa shape index (κ1) is 15.8. The maximum Gasteiger partial charge on any atom is 0.237 e. The third-order valence-corrected chi connectivity index (χ3v) is 5.84. The Hall–Kier alpha value is -0.620. The van der Waals surface area contributed by atoms with Crippen LogP contribution >= 0.6 is 42.5 Å². The lowest BCUT2D eigenvalue weighted by Gasteiger charge is -2.19. The average molecular weight is 443 g/mol. The summed E-state index contributed by atoms with van der Waals surface area (Å²) >= 11 is 6.54. The van der Waals surface area contributed by atoms with Crippen LogP contribution < -0.4 is 4.90 Å². The number of nitrogens with zero attached hydrogens (tertiary/aromatic N) is 2. The van der Waals surface area contributed by atoms with Gasteiger partial charge < -0.3 is 4.90 Å². The molecule has 0 bridgehead atoms. The number of anilines is 1. The molecule has 9 heteroatoms. The molecule has 1 aliphatic rings. The SMILES string of the molecule is N#Cc1cc(Br)cc(Br)c1N1CC(S(=O)(=O)Cl)CC1=O. The van der Waals surface area contributed by atoms with Crippen LogP contribution in [-0.2, 0) is 13.8 Å². The fourth-order valence-corrected chi connectivity index (χ4v) is 4.47. The van der Waals surface area contributed by atoms with Crippen LogP contribution in [0.5, 0.6) is 0 Å². The molecule has 0 aliphatic carbocycles. The Morgan fingerprint density at radius 2 is 2.05 bits per heavy atom. The number of amides is 1. The van der Waals surface area contributed by atoms with E-state index in [2.05, 4.69) is 31.9 Å². The summed E-state index contributed by atoms with van der Waals surface area (Å²) in [5, 5.41) is 8.21. The minimum absolute atomic E-state index is 0.0560. The molecule has 20 heavy (non-hydrogen) atoms. The van der Waals surface area contributed by atoms with Crippen LogP contribution in [0, 0.1) is 11.3 Å². The average Bonchev–Trinajstić information content (AvgIpc) is 2.70. The molecule has 0 aromatic heterocycles. The first-order chi connectivity index (χ1) is 9.24. The summed E-state index contributed by atoms with van der Waals surface area (Å²) in [6, 6.07) is 5.24. The number of hydrogen-bond acceptors (Lipinski definition) is 4. The van der Waals surface area contributed by atoms with Gasteiger partial charge in [-0.15, -0.1) is 0 Å². The van der Waals surface area contributed by atoms with Crippen molar-refractivity contribution in [3.05, 3.63) is 26.6 Å². The molecule has 0 saturated carbocycles.